The number of hydrogen-bond acceptors (Lipinski definition) is 12. The molecule has 0 spiro atoms. The Morgan fingerprint density at radius 2 is 1.18 bits per heavy atom. The number of tetrazole rings is 2. The van der Waals surface area contributed by atoms with E-state index in [1.165, 1.54) is 31.9 Å². The SMILES string of the molecule is n1nc2c3sc4sc5c(nnn6nnnc56)c4c3nnn2n1. The van der Waals surface area contributed by atoms with Gasteiger partial charge in [0.2, 0.25) is 11.3 Å². The summed E-state index contributed by atoms with van der Waals surface area (Å²) in [6.07, 6.45) is 0. The molecule has 0 aliphatic heterocycles. The Kier molecular flexibility index (Phi) is 1.66. The minimum Gasteiger partial charge on any atom is -0.128 e. The maximum atomic E-state index is 4.22. The molecule has 104 valence electrons. The van der Waals surface area contributed by atoms with Crippen LogP contribution in [0, 0.1) is 0 Å². The first-order valence-electron chi connectivity index (χ1n) is 5.91. The van der Waals surface area contributed by atoms with Crippen molar-refractivity contribution in [2.45, 2.75) is 0 Å². The van der Waals surface area contributed by atoms with E-state index in [0.29, 0.717) is 22.3 Å². The van der Waals surface area contributed by atoms with Gasteiger partial charge in [0.1, 0.15) is 20.4 Å². The van der Waals surface area contributed by atoms with Crippen molar-refractivity contribution in [2.75, 3.05) is 0 Å². The lowest BCUT2D eigenvalue weighted by atomic mass is 10.3. The van der Waals surface area contributed by atoms with Crippen LogP contribution >= 0.6 is 22.7 Å². The molecular formula is C8N12S2. The number of hydrogen-bond donors (Lipinski definition) is 0. The molecule has 6 aromatic rings. The first-order chi connectivity index (χ1) is 10.9. The Labute approximate surface area is 125 Å². The molecule has 0 aliphatic rings. The van der Waals surface area contributed by atoms with Gasteiger partial charge in [-0.3, -0.25) is 0 Å². The fourth-order valence-corrected chi connectivity index (χ4v) is 4.90. The second-order valence-electron chi connectivity index (χ2n) is 4.38. The average molecular weight is 328 g/mol. The molecule has 0 unspecified atom stereocenters. The molecule has 22 heavy (non-hydrogen) atoms. The van der Waals surface area contributed by atoms with Crippen molar-refractivity contribution in [3.05, 3.63) is 0 Å². The van der Waals surface area contributed by atoms with Crippen molar-refractivity contribution in [1.82, 2.24) is 60.9 Å². The van der Waals surface area contributed by atoms with Crippen LogP contribution in [0.3, 0.4) is 0 Å². The van der Waals surface area contributed by atoms with Crippen molar-refractivity contribution < 1.29 is 0 Å². The summed E-state index contributed by atoms with van der Waals surface area (Å²) in [5.74, 6) is 0. The van der Waals surface area contributed by atoms with E-state index >= 15 is 0 Å². The van der Waals surface area contributed by atoms with Crippen LogP contribution in [-0.2, 0) is 0 Å². The molecule has 6 aromatic heterocycles. The molecule has 0 N–H and O–H groups in total. The van der Waals surface area contributed by atoms with Crippen molar-refractivity contribution in [1.29, 1.82) is 0 Å². The highest BCUT2D eigenvalue weighted by Crippen LogP contribution is 2.43. The van der Waals surface area contributed by atoms with Gasteiger partial charge in [0.25, 0.3) is 0 Å². The molecule has 0 radical (unpaired) electrons. The maximum Gasteiger partial charge on any atom is 0.221 e. The lowest BCUT2D eigenvalue weighted by Gasteiger charge is -1.91. The van der Waals surface area contributed by atoms with Gasteiger partial charge in [0.15, 0.2) is 0 Å². The lowest BCUT2D eigenvalue weighted by Crippen LogP contribution is -1.98. The first-order valence-corrected chi connectivity index (χ1v) is 7.54. The normalized spacial score (nSPS) is 12.5. The van der Waals surface area contributed by atoms with E-state index in [-0.39, 0.29) is 0 Å². The Bertz CT molecular complexity index is 1240. The summed E-state index contributed by atoms with van der Waals surface area (Å²) in [5.41, 5.74) is 2.56. The number of thiophene rings is 2. The van der Waals surface area contributed by atoms with Crippen LogP contribution in [-0.4, -0.2) is 60.9 Å². The lowest BCUT2D eigenvalue weighted by molar-refractivity contribution is 0.687. The molecule has 12 nitrogen and oxygen atoms in total. The van der Waals surface area contributed by atoms with E-state index in [4.69, 9.17) is 0 Å². The molecule has 0 aliphatic carbocycles. The molecule has 0 aromatic carbocycles. The molecular weight excluding hydrogens is 328 g/mol. The summed E-state index contributed by atoms with van der Waals surface area (Å²) in [7, 11) is 0. The minimum absolute atomic E-state index is 0.574. The average Bonchev–Trinajstić information content (AvgIpc) is 3.27. The maximum absolute atomic E-state index is 4.22. The van der Waals surface area contributed by atoms with Crippen LogP contribution < -0.4 is 0 Å². The largest absolute Gasteiger partial charge is 0.221 e. The third kappa shape index (κ3) is 1.10. The van der Waals surface area contributed by atoms with Crippen LogP contribution in [0.1, 0.15) is 0 Å². The van der Waals surface area contributed by atoms with Gasteiger partial charge >= 0.3 is 0 Å². The molecule has 0 saturated heterocycles. The van der Waals surface area contributed by atoms with Crippen molar-refractivity contribution in [3.63, 3.8) is 0 Å². The van der Waals surface area contributed by atoms with E-state index in [1.54, 1.807) is 0 Å². The van der Waals surface area contributed by atoms with Crippen LogP contribution in [0.25, 0.3) is 41.1 Å². The number of rotatable bonds is 0. The summed E-state index contributed by atoms with van der Waals surface area (Å²) in [5, 5.41) is 40.0. The highest BCUT2D eigenvalue weighted by atomic mass is 32.2. The van der Waals surface area contributed by atoms with E-state index in [1.807, 2.05) is 0 Å². The Balaban J connectivity index is 1.92. The first kappa shape index (κ1) is 10.7. The predicted octanol–water partition coefficient (Wildman–Crippen LogP) is -0.275. The fourth-order valence-electron chi connectivity index (χ4n) is 2.36. The summed E-state index contributed by atoms with van der Waals surface area (Å²) >= 11 is 3.08. The standard InChI is InChI=1S/C8N12S2/c9-2-1-3-5(7-12-14-18-20(7)16-10-3)22-8(1)21-4(2)6-11-13-17-19(6)15-9. The van der Waals surface area contributed by atoms with Crippen LogP contribution in [0.2, 0.25) is 0 Å². The Morgan fingerprint density at radius 3 is 1.73 bits per heavy atom. The van der Waals surface area contributed by atoms with E-state index in [9.17, 15) is 0 Å². The quantitative estimate of drug-likeness (QED) is 0.366. The fraction of sp³-hybridized carbons (Fsp3) is 0. The van der Waals surface area contributed by atoms with Crippen molar-refractivity contribution in [3.8, 4) is 0 Å². The monoisotopic (exact) mass is 328 g/mol. The van der Waals surface area contributed by atoms with Gasteiger partial charge in [-0.25, -0.2) is 0 Å². The second kappa shape index (κ2) is 3.42. The third-order valence-corrected chi connectivity index (χ3v) is 5.71. The topological polar surface area (TPSA) is 138 Å². The summed E-state index contributed by atoms with van der Waals surface area (Å²) in [6, 6.07) is 0. The molecule has 0 atom stereocenters. The molecule has 14 heteroatoms. The second-order valence-corrected chi connectivity index (χ2v) is 6.68. The van der Waals surface area contributed by atoms with Crippen LogP contribution in [0.4, 0.5) is 0 Å². The van der Waals surface area contributed by atoms with Crippen LogP contribution in [0.15, 0.2) is 0 Å². The molecule has 0 amide bonds. The predicted molar refractivity (Wildman–Crippen MR) is 74.6 cm³/mol. The number of aromatic nitrogens is 12. The molecule has 6 heterocycles. The number of fused-ring (bicyclic) bond motifs is 9. The van der Waals surface area contributed by atoms with Gasteiger partial charge in [0, 0.05) is 0 Å². The summed E-state index contributed by atoms with van der Waals surface area (Å²) in [6.45, 7) is 0. The Hall–Kier alpha value is -3.00. The van der Waals surface area contributed by atoms with Crippen molar-refractivity contribution in [2.24, 2.45) is 0 Å². The van der Waals surface area contributed by atoms with Crippen molar-refractivity contribution >= 4 is 63.8 Å². The summed E-state index contributed by atoms with van der Waals surface area (Å²) < 4.78 is 5.36. The molecule has 0 saturated carbocycles. The molecule has 0 fully saturated rings. The van der Waals surface area contributed by atoms with Gasteiger partial charge < -0.3 is 0 Å². The van der Waals surface area contributed by atoms with Gasteiger partial charge in [-0.15, -0.1) is 43.1 Å². The zero-order valence-corrected chi connectivity index (χ0v) is 11.8. The summed E-state index contributed by atoms with van der Waals surface area (Å²) in [4.78, 5) is 0. The highest BCUT2D eigenvalue weighted by Gasteiger charge is 2.21. The molecule has 0 bridgehead atoms. The van der Waals surface area contributed by atoms with Crippen LogP contribution in [0.5, 0.6) is 0 Å². The van der Waals surface area contributed by atoms with Gasteiger partial charge in [-0.1, -0.05) is 9.26 Å². The smallest absolute Gasteiger partial charge is 0.128 e. The Morgan fingerprint density at radius 1 is 0.636 bits per heavy atom. The van der Waals surface area contributed by atoms with Gasteiger partial charge in [-0.05, 0) is 31.3 Å². The van der Waals surface area contributed by atoms with Gasteiger partial charge in [-0.2, -0.15) is 0 Å². The van der Waals surface area contributed by atoms with Gasteiger partial charge in [0.05, 0.1) is 9.40 Å². The minimum atomic E-state index is 0.574. The van der Waals surface area contributed by atoms with E-state index < -0.39 is 0 Å². The van der Waals surface area contributed by atoms with E-state index in [0.717, 1.165) is 18.8 Å². The number of nitrogens with zero attached hydrogens (tertiary/aromatic N) is 12. The highest BCUT2D eigenvalue weighted by molar-refractivity contribution is 7.45. The zero-order valence-electron chi connectivity index (χ0n) is 10.2. The van der Waals surface area contributed by atoms with E-state index in [2.05, 4.69) is 51.7 Å². The zero-order chi connectivity index (χ0) is 14.3. The third-order valence-electron chi connectivity index (χ3n) is 3.27. The molecule has 6 rings (SSSR count).